The Balaban J connectivity index is 2.04. The van der Waals surface area contributed by atoms with Crippen LogP contribution < -0.4 is 20.7 Å². The zero-order valence-corrected chi connectivity index (χ0v) is 21.8. The van der Waals surface area contributed by atoms with Crippen molar-refractivity contribution in [2.75, 3.05) is 17.7 Å². The number of benzene rings is 2. The van der Waals surface area contributed by atoms with Crippen molar-refractivity contribution in [2.24, 2.45) is 0 Å². The van der Waals surface area contributed by atoms with Crippen LogP contribution in [0.5, 0.6) is 0 Å². The van der Waals surface area contributed by atoms with Gasteiger partial charge in [-0.3, -0.25) is 0 Å². The summed E-state index contributed by atoms with van der Waals surface area (Å²) >= 11 is 1.41. The van der Waals surface area contributed by atoms with Gasteiger partial charge in [0.25, 0.3) is 0 Å². The van der Waals surface area contributed by atoms with Crippen LogP contribution in [0.25, 0.3) is 21.0 Å². The normalized spacial score (nSPS) is 12.0. The molecule has 0 aliphatic carbocycles. The van der Waals surface area contributed by atoms with Crippen LogP contribution in [0.15, 0.2) is 53.6 Å². The van der Waals surface area contributed by atoms with Crippen molar-refractivity contribution in [3.05, 3.63) is 48.7 Å². The van der Waals surface area contributed by atoms with Gasteiger partial charge in [-0.15, -0.1) is 11.3 Å². The number of nitrogens with zero attached hydrogens (tertiary/aromatic N) is 1. The van der Waals surface area contributed by atoms with Crippen molar-refractivity contribution in [2.45, 2.75) is 51.1 Å². The average Bonchev–Trinajstić information content (AvgIpc) is 3.21. The molecule has 0 atom stereocenters. The molecule has 0 bridgehead atoms. The Hall–Kier alpha value is -2.95. The number of carbonyl (C=O) groups excluding carboxylic acids is 1. The lowest BCUT2D eigenvalue weighted by atomic mass is 10.1. The zero-order chi connectivity index (χ0) is 25.1. The molecule has 0 spiro atoms. The molecule has 0 aliphatic heterocycles. The van der Waals surface area contributed by atoms with Crippen molar-refractivity contribution < 1.29 is 13.2 Å². The van der Waals surface area contributed by atoms with Gasteiger partial charge in [-0.2, -0.15) is 0 Å². The molecule has 0 unspecified atom stereocenters. The van der Waals surface area contributed by atoms with Gasteiger partial charge in [-0.05, 0) is 71.0 Å². The van der Waals surface area contributed by atoms with E-state index in [-0.39, 0.29) is 10.9 Å². The number of hydrogen-bond acceptors (Lipinski definition) is 6. The third-order valence-electron chi connectivity index (χ3n) is 4.58. The molecule has 8 nitrogen and oxygen atoms in total. The smallest absolute Gasteiger partial charge is 0.319 e. The van der Waals surface area contributed by atoms with Gasteiger partial charge in [-0.25, -0.2) is 22.9 Å². The summed E-state index contributed by atoms with van der Waals surface area (Å²) in [5, 5.41) is 9.31. The lowest BCUT2D eigenvalue weighted by molar-refractivity contribution is 0.250. The summed E-state index contributed by atoms with van der Waals surface area (Å²) in [6.45, 7) is 9.03. The first-order chi connectivity index (χ1) is 15.9. The molecule has 0 saturated heterocycles. The summed E-state index contributed by atoms with van der Waals surface area (Å²) in [5.74, 6) is 0. The molecule has 0 radical (unpaired) electrons. The molecular formula is C24H31N5O3S2. The molecule has 2 amide bonds. The number of hydrogen-bond donors (Lipinski definition) is 4. The van der Waals surface area contributed by atoms with Gasteiger partial charge >= 0.3 is 6.03 Å². The van der Waals surface area contributed by atoms with Gasteiger partial charge in [0.2, 0.25) is 10.0 Å². The summed E-state index contributed by atoms with van der Waals surface area (Å²) < 4.78 is 29.4. The minimum absolute atomic E-state index is 0.0529. The van der Waals surface area contributed by atoms with Crippen molar-refractivity contribution in [1.82, 2.24) is 15.0 Å². The summed E-state index contributed by atoms with van der Waals surface area (Å²) in [6.07, 6.45) is 1.68. The van der Waals surface area contributed by atoms with E-state index in [1.165, 1.54) is 17.4 Å². The summed E-state index contributed by atoms with van der Waals surface area (Å²) in [4.78, 5) is 17.5. The molecule has 2 aromatic carbocycles. The van der Waals surface area contributed by atoms with Crippen LogP contribution in [0.3, 0.4) is 0 Å². The molecule has 34 heavy (non-hydrogen) atoms. The van der Waals surface area contributed by atoms with Crippen LogP contribution >= 0.6 is 11.3 Å². The Morgan fingerprint density at radius 3 is 2.26 bits per heavy atom. The van der Waals surface area contributed by atoms with E-state index in [4.69, 9.17) is 0 Å². The lowest BCUT2D eigenvalue weighted by Crippen LogP contribution is -2.40. The molecule has 1 heterocycles. The standard InChI is InChI=1S/C24H31N5O3S2/c1-15(2)27-23(30)28-18-11-12-19(21(13-18)34(31,32)29-24(3,4)5)20-14-26-22(33-20)16-7-9-17(25-6)10-8-16/h7-15,25,29H,1-6H3,(H2,27,28,30). The summed E-state index contributed by atoms with van der Waals surface area (Å²) in [6, 6.07) is 12.3. The minimum Gasteiger partial charge on any atom is -0.388 e. The Labute approximate surface area is 205 Å². The van der Waals surface area contributed by atoms with Gasteiger partial charge in [0, 0.05) is 47.3 Å². The van der Waals surface area contributed by atoms with Crippen LogP contribution in [0.4, 0.5) is 16.2 Å². The SMILES string of the molecule is CNc1ccc(-c2ncc(-c3ccc(NC(=O)NC(C)C)cc3S(=O)(=O)NC(C)(C)C)s2)cc1. The van der Waals surface area contributed by atoms with Gasteiger partial charge in [0.15, 0.2) is 0 Å². The van der Waals surface area contributed by atoms with Crippen LogP contribution in [-0.4, -0.2) is 38.1 Å². The highest BCUT2D eigenvalue weighted by molar-refractivity contribution is 7.89. The van der Waals surface area contributed by atoms with Crippen molar-refractivity contribution in [1.29, 1.82) is 0 Å². The molecule has 0 aliphatic rings. The highest BCUT2D eigenvalue weighted by Crippen LogP contribution is 2.37. The maximum absolute atomic E-state index is 13.3. The third-order valence-corrected chi connectivity index (χ3v) is 7.46. The first kappa shape index (κ1) is 25.7. The number of thiazole rings is 1. The molecule has 3 rings (SSSR count). The molecule has 3 aromatic rings. The molecule has 1 aromatic heterocycles. The summed E-state index contributed by atoms with van der Waals surface area (Å²) in [7, 11) is -2.04. The molecular weight excluding hydrogens is 470 g/mol. The predicted octanol–water partition coefficient (Wildman–Crippen LogP) is 5.13. The maximum atomic E-state index is 13.3. The van der Waals surface area contributed by atoms with Crippen molar-refractivity contribution in [3.63, 3.8) is 0 Å². The first-order valence-corrected chi connectivity index (χ1v) is 13.2. The molecule has 4 N–H and O–H groups in total. The Morgan fingerprint density at radius 2 is 1.68 bits per heavy atom. The monoisotopic (exact) mass is 501 g/mol. The van der Waals surface area contributed by atoms with Crippen LogP contribution in [0.2, 0.25) is 0 Å². The number of nitrogens with one attached hydrogen (secondary N) is 4. The number of sulfonamides is 1. The van der Waals surface area contributed by atoms with E-state index in [0.717, 1.165) is 16.3 Å². The highest BCUT2D eigenvalue weighted by Gasteiger charge is 2.26. The number of anilines is 2. The van der Waals surface area contributed by atoms with Crippen LogP contribution in [0, 0.1) is 0 Å². The fourth-order valence-corrected chi connectivity index (χ4v) is 5.92. The second-order valence-electron chi connectivity index (χ2n) is 9.18. The fourth-order valence-electron chi connectivity index (χ4n) is 3.22. The first-order valence-electron chi connectivity index (χ1n) is 10.9. The number of aromatic nitrogens is 1. The topological polar surface area (TPSA) is 112 Å². The van der Waals surface area contributed by atoms with Gasteiger partial charge in [-0.1, -0.05) is 6.07 Å². The minimum atomic E-state index is -3.89. The maximum Gasteiger partial charge on any atom is 0.319 e. The summed E-state index contributed by atoms with van der Waals surface area (Å²) in [5.41, 5.74) is 2.15. The molecule has 10 heteroatoms. The second kappa shape index (κ2) is 10.1. The van der Waals surface area contributed by atoms with Crippen molar-refractivity contribution >= 4 is 38.8 Å². The largest absolute Gasteiger partial charge is 0.388 e. The van der Waals surface area contributed by atoms with E-state index in [9.17, 15) is 13.2 Å². The van der Waals surface area contributed by atoms with Gasteiger partial charge < -0.3 is 16.0 Å². The Bertz CT molecular complexity index is 1260. The van der Waals surface area contributed by atoms with E-state index in [1.807, 2.05) is 45.2 Å². The number of rotatable bonds is 7. The average molecular weight is 502 g/mol. The van der Waals surface area contributed by atoms with E-state index in [1.54, 1.807) is 39.1 Å². The molecule has 0 saturated carbocycles. The van der Waals surface area contributed by atoms with Gasteiger partial charge in [0.1, 0.15) is 5.01 Å². The molecule has 182 valence electrons. The number of urea groups is 1. The predicted molar refractivity (Wildman–Crippen MR) is 140 cm³/mol. The van der Waals surface area contributed by atoms with E-state index >= 15 is 0 Å². The van der Waals surface area contributed by atoms with E-state index in [0.29, 0.717) is 16.1 Å². The Kier molecular flexibility index (Phi) is 7.64. The fraction of sp³-hybridized carbons (Fsp3) is 0.333. The number of carbonyl (C=O) groups is 1. The van der Waals surface area contributed by atoms with Crippen LogP contribution in [-0.2, 0) is 10.0 Å². The van der Waals surface area contributed by atoms with E-state index < -0.39 is 21.6 Å². The quantitative estimate of drug-likeness (QED) is 0.359. The lowest BCUT2D eigenvalue weighted by Gasteiger charge is -2.22. The van der Waals surface area contributed by atoms with E-state index in [2.05, 4.69) is 25.7 Å². The van der Waals surface area contributed by atoms with Gasteiger partial charge in [0.05, 0.1) is 9.77 Å². The van der Waals surface area contributed by atoms with Crippen LogP contribution in [0.1, 0.15) is 34.6 Å². The number of amides is 2. The second-order valence-corrected chi connectivity index (χ2v) is 11.9. The molecule has 0 fully saturated rings. The van der Waals surface area contributed by atoms with Crippen molar-refractivity contribution in [3.8, 4) is 21.0 Å². The highest BCUT2D eigenvalue weighted by atomic mass is 32.2. The zero-order valence-electron chi connectivity index (χ0n) is 20.2. The third kappa shape index (κ3) is 6.55. The Morgan fingerprint density at radius 1 is 1.03 bits per heavy atom.